The largest absolute Gasteiger partial charge is 0.389 e. The van der Waals surface area contributed by atoms with Crippen LogP contribution in [0.1, 0.15) is 30.9 Å². The Kier molecular flexibility index (Phi) is 5.46. The molecule has 1 aromatic carbocycles. The van der Waals surface area contributed by atoms with Gasteiger partial charge >= 0.3 is 0 Å². The number of aliphatic hydroxyl groups excluding tert-OH is 1. The smallest absolute Gasteiger partial charge is 0.0895 e. The van der Waals surface area contributed by atoms with E-state index in [4.69, 9.17) is 10.5 Å². The molecule has 90 valence electrons. The molecule has 0 amide bonds. The Bertz CT molecular complexity index is 295. The van der Waals surface area contributed by atoms with E-state index in [1.807, 2.05) is 0 Å². The fourth-order valence-corrected chi connectivity index (χ4v) is 1.38. The van der Waals surface area contributed by atoms with Gasteiger partial charge in [0.2, 0.25) is 0 Å². The van der Waals surface area contributed by atoms with Crippen LogP contribution in [-0.2, 0) is 11.3 Å². The van der Waals surface area contributed by atoms with E-state index >= 15 is 0 Å². The summed E-state index contributed by atoms with van der Waals surface area (Å²) >= 11 is 0. The van der Waals surface area contributed by atoms with E-state index in [0.717, 1.165) is 5.56 Å². The van der Waals surface area contributed by atoms with Crippen LogP contribution in [0.4, 0.5) is 0 Å². The molecule has 0 spiro atoms. The molecule has 0 saturated heterocycles. The van der Waals surface area contributed by atoms with Gasteiger partial charge < -0.3 is 15.6 Å². The number of benzene rings is 1. The van der Waals surface area contributed by atoms with Gasteiger partial charge in [-0.1, -0.05) is 38.1 Å². The van der Waals surface area contributed by atoms with Crippen molar-refractivity contribution in [3.8, 4) is 0 Å². The Morgan fingerprint density at radius 2 is 1.88 bits per heavy atom. The average molecular weight is 223 g/mol. The standard InChI is InChI=1S/C13H21NO2/c1-10(2)12-5-3-11(4-6-12)8-16-9-13(15)7-14/h3-6,10,13,15H,7-9,14H2,1-2H3. The van der Waals surface area contributed by atoms with Crippen molar-refractivity contribution in [3.63, 3.8) is 0 Å². The Balaban J connectivity index is 2.38. The highest BCUT2D eigenvalue weighted by atomic mass is 16.5. The lowest BCUT2D eigenvalue weighted by Gasteiger charge is -2.10. The first kappa shape index (κ1) is 13.2. The second-order valence-electron chi connectivity index (χ2n) is 4.30. The molecule has 0 aliphatic carbocycles. The molecule has 1 aromatic rings. The second-order valence-corrected chi connectivity index (χ2v) is 4.30. The lowest BCUT2D eigenvalue weighted by atomic mass is 10.0. The van der Waals surface area contributed by atoms with Gasteiger partial charge in [0.25, 0.3) is 0 Å². The van der Waals surface area contributed by atoms with Gasteiger partial charge in [-0.05, 0) is 17.0 Å². The molecular formula is C13H21NO2. The van der Waals surface area contributed by atoms with Crippen LogP contribution in [0.2, 0.25) is 0 Å². The molecule has 16 heavy (non-hydrogen) atoms. The molecule has 1 rings (SSSR count). The lowest BCUT2D eigenvalue weighted by Crippen LogP contribution is -2.24. The zero-order chi connectivity index (χ0) is 12.0. The summed E-state index contributed by atoms with van der Waals surface area (Å²) in [6, 6.07) is 8.35. The SMILES string of the molecule is CC(C)c1ccc(COCC(O)CN)cc1. The molecule has 1 atom stereocenters. The van der Waals surface area contributed by atoms with E-state index in [0.29, 0.717) is 19.1 Å². The van der Waals surface area contributed by atoms with Crippen LogP contribution in [-0.4, -0.2) is 24.4 Å². The Morgan fingerprint density at radius 1 is 1.25 bits per heavy atom. The van der Waals surface area contributed by atoms with E-state index in [1.54, 1.807) is 0 Å². The summed E-state index contributed by atoms with van der Waals surface area (Å²) in [5.41, 5.74) is 7.72. The summed E-state index contributed by atoms with van der Waals surface area (Å²) < 4.78 is 5.34. The molecule has 0 aliphatic rings. The number of rotatable bonds is 6. The highest BCUT2D eigenvalue weighted by Crippen LogP contribution is 2.14. The third-order valence-electron chi connectivity index (χ3n) is 2.50. The summed E-state index contributed by atoms with van der Waals surface area (Å²) in [6.07, 6.45) is -0.560. The molecule has 3 heteroatoms. The monoisotopic (exact) mass is 223 g/mol. The van der Waals surface area contributed by atoms with Crippen molar-refractivity contribution >= 4 is 0 Å². The van der Waals surface area contributed by atoms with Crippen molar-refractivity contribution in [2.45, 2.75) is 32.5 Å². The molecule has 0 aliphatic heterocycles. The highest BCUT2D eigenvalue weighted by molar-refractivity contribution is 5.24. The van der Waals surface area contributed by atoms with Crippen LogP contribution in [0, 0.1) is 0 Å². The normalized spacial score (nSPS) is 13.1. The number of hydrogen-bond donors (Lipinski definition) is 2. The van der Waals surface area contributed by atoms with Gasteiger partial charge in [-0.15, -0.1) is 0 Å². The van der Waals surface area contributed by atoms with Gasteiger partial charge in [0.05, 0.1) is 19.3 Å². The van der Waals surface area contributed by atoms with Crippen molar-refractivity contribution in [3.05, 3.63) is 35.4 Å². The van der Waals surface area contributed by atoms with Crippen molar-refractivity contribution in [2.24, 2.45) is 5.73 Å². The van der Waals surface area contributed by atoms with Crippen LogP contribution in [0.25, 0.3) is 0 Å². The fraction of sp³-hybridized carbons (Fsp3) is 0.538. The van der Waals surface area contributed by atoms with Crippen LogP contribution < -0.4 is 5.73 Å². The molecular weight excluding hydrogens is 202 g/mol. The van der Waals surface area contributed by atoms with Crippen LogP contribution in [0.15, 0.2) is 24.3 Å². The number of nitrogens with two attached hydrogens (primary N) is 1. The van der Waals surface area contributed by atoms with Crippen molar-refractivity contribution < 1.29 is 9.84 Å². The van der Waals surface area contributed by atoms with Gasteiger partial charge in [-0.2, -0.15) is 0 Å². The highest BCUT2D eigenvalue weighted by Gasteiger charge is 2.02. The maximum atomic E-state index is 9.20. The Labute approximate surface area is 97.2 Å². The van der Waals surface area contributed by atoms with Gasteiger partial charge in [0.1, 0.15) is 0 Å². The summed E-state index contributed by atoms with van der Waals surface area (Å²) in [5.74, 6) is 0.550. The zero-order valence-corrected chi connectivity index (χ0v) is 10.0. The first-order valence-corrected chi connectivity index (χ1v) is 5.68. The molecule has 3 N–H and O–H groups in total. The third-order valence-corrected chi connectivity index (χ3v) is 2.50. The van der Waals surface area contributed by atoms with Crippen molar-refractivity contribution in [2.75, 3.05) is 13.2 Å². The fourth-order valence-electron chi connectivity index (χ4n) is 1.38. The van der Waals surface area contributed by atoms with Crippen LogP contribution in [0.3, 0.4) is 0 Å². The zero-order valence-electron chi connectivity index (χ0n) is 10.0. The molecule has 1 unspecified atom stereocenters. The molecule has 0 bridgehead atoms. The summed E-state index contributed by atoms with van der Waals surface area (Å²) in [7, 11) is 0. The molecule has 3 nitrogen and oxygen atoms in total. The summed E-state index contributed by atoms with van der Waals surface area (Å²) in [6.45, 7) is 5.40. The van der Waals surface area contributed by atoms with Crippen LogP contribution >= 0.6 is 0 Å². The number of aliphatic hydroxyl groups is 1. The van der Waals surface area contributed by atoms with Gasteiger partial charge in [-0.25, -0.2) is 0 Å². The van der Waals surface area contributed by atoms with E-state index in [9.17, 15) is 5.11 Å². The van der Waals surface area contributed by atoms with E-state index in [-0.39, 0.29) is 6.54 Å². The minimum absolute atomic E-state index is 0.242. The Morgan fingerprint density at radius 3 is 2.38 bits per heavy atom. The minimum Gasteiger partial charge on any atom is -0.389 e. The topological polar surface area (TPSA) is 55.5 Å². The average Bonchev–Trinajstić information content (AvgIpc) is 2.29. The summed E-state index contributed by atoms with van der Waals surface area (Å²) in [4.78, 5) is 0. The van der Waals surface area contributed by atoms with Crippen molar-refractivity contribution in [1.29, 1.82) is 0 Å². The van der Waals surface area contributed by atoms with Gasteiger partial charge in [0, 0.05) is 6.54 Å². The van der Waals surface area contributed by atoms with E-state index in [1.165, 1.54) is 5.56 Å². The van der Waals surface area contributed by atoms with Crippen molar-refractivity contribution in [1.82, 2.24) is 0 Å². The van der Waals surface area contributed by atoms with E-state index in [2.05, 4.69) is 38.1 Å². The first-order chi connectivity index (χ1) is 7.63. The predicted molar refractivity (Wildman–Crippen MR) is 65.2 cm³/mol. The second kappa shape index (κ2) is 6.63. The molecule has 0 heterocycles. The predicted octanol–water partition coefficient (Wildman–Crippen LogP) is 1.65. The summed E-state index contributed by atoms with van der Waals surface area (Å²) in [5, 5.41) is 9.20. The third kappa shape index (κ3) is 4.31. The van der Waals surface area contributed by atoms with E-state index < -0.39 is 6.10 Å². The van der Waals surface area contributed by atoms with Gasteiger partial charge in [-0.3, -0.25) is 0 Å². The first-order valence-electron chi connectivity index (χ1n) is 5.68. The number of hydrogen-bond acceptors (Lipinski definition) is 3. The molecule has 0 saturated carbocycles. The maximum absolute atomic E-state index is 9.20. The Hall–Kier alpha value is -0.900. The molecule has 0 fully saturated rings. The van der Waals surface area contributed by atoms with Crippen LogP contribution in [0.5, 0.6) is 0 Å². The number of ether oxygens (including phenoxy) is 1. The minimum atomic E-state index is -0.560. The molecule has 0 aromatic heterocycles. The molecule has 0 radical (unpaired) electrons. The quantitative estimate of drug-likeness (QED) is 0.771. The lowest BCUT2D eigenvalue weighted by molar-refractivity contribution is 0.0329. The van der Waals surface area contributed by atoms with Gasteiger partial charge in [0.15, 0.2) is 0 Å². The maximum Gasteiger partial charge on any atom is 0.0895 e.